The minimum atomic E-state index is -0.121. The molecule has 0 radical (unpaired) electrons. The second kappa shape index (κ2) is 23.0. The van der Waals surface area contributed by atoms with Crippen molar-refractivity contribution in [2.24, 2.45) is 0 Å². The summed E-state index contributed by atoms with van der Waals surface area (Å²) in [7, 11) is 0. The molecule has 0 aliphatic carbocycles. The van der Waals surface area contributed by atoms with Crippen molar-refractivity contribution >= 4 is 11.8 Å². The number of hydrogen-bond donors (Lipinski definition) is 6. The molecule has 6 nitrogen and oxygen atoms in total. The number of aryl methyl sites for hydroxylation is 4. The largest absolute Gasteiger partial charge is 0.508 e. The Hall–Kier alpha value is -3.65. The van der Waals surface area contributed by atoms with Gasteiger partial charge in [-0.1, -0.05) is 134 Å². The maximum atomic E-state index is 10.5. The van der Waals surface area contributed by atoms with E-state index in [0.717, 1.165) is 81.7 Å². The first-order valence-corrected chi connectivity index (χ1v) is 24.3. The molecule has 0 amide bonds. The topological polar surface area (TPSA) is 121 Å². The van der Waals surface area contributed by atoms with Gasteiger partial charge in [0.1, 0.15) is 23.0 Å². The summed E-state index contributed by atoms with van der Waals surface area (Å²) in [4.78, 5) is 0. The molecule has 0 saturated heterocycles. The average Bonchev–Trinajstić information content (AvgIpc) is 3.12. The van der Waals surface area contributed by atoms with Crippen LogP contribution in [-0.4, -0.2) is 55.4 Å². The third kappa shape index (κ3) is 15.2. The van der Waals surface area contributed by atoms with E-state index in [-0.39, 0.29) is 46.7 Å². The van der Waals surface area contributed by atoms with Crippen molar-refractivity contribution in [3.8, 4) is 23.0 Å². The van der Waals surface area contributed by atoms with Gasteiger partial charge in [-0.05, 0) is 153 Å². The Balaban J connectivity index is 0.000000376. The summed E-state index contributed by atoms with van der Waals surface area (Å²) in [6.07, 6.45) is 4.21. The van der Waals surface area contributed by atoms with Crippen LogP contribution < -0.4 is 0 Å². The first kappa shape index (κ1) is 55.5. The van der Waals surface area contributed by atoms with Crippen molar-refractivity contribution in [3.05, 3.63) is 115 Å². The van der Waals surface area contributed by atoms with Gasteiger partial charge in [0.05, 0.1) is 13.2 Å². The van der Waals surface area contributed by atoms with Gasteiger partial charge in [0.25, 0.3) is 0 Å². The molecule has 0 atom stereocenters. The van der Waals surface area contributed by atoms with Crippen LogP contribution in [0.4, 0.5) is 0 Å². The van der Waals surface area contributed by atoms with Crippen molar-refractivity contribution in [1.29, 1.82) is 0 Å². The molecule has 0 fully saturated rings. The first-order chi connectivity index (χ1) is 29.0. The normalized spacial score (nSPS) is 12.3. The van der Waals surface area contributed by atoms with Gasteiger partial charge in [-0.25, -0.2) is 0 Å². The fourth-order valence-corrected chi connectivity index (χ4v) is 8.97. The molecule has 0 heterocycles. The third-order valence-electron chi connectivity index (χ3n) is 11.9. The maximum Gasteiger partial charge on any atom is 0.119 e. The summed E-state index contributed by atoms with van der Waals surface area (Å²) in [5.41, 5.74) is 13.0. The highest BCUT2D eigenvalue weighted by molar-refractivity contribution is 7.99. The monoisotopic (exact) mass is 887 g/mol. The Bertz CT molecular complexity index is 1800. The zero-order chi connectivity index (χ0) is 48.4. The molecule has 63 heavy (non-hydrogen) atoms. The number of benzene rings is 4. The number of phenolic OH excluding ortho intramolecular Hbond substituents is 4. The number of hydrogen-bond acceptors (Lipinski definition) is 7. The minimum absolute atomic E-state index is 0.121. The molecule has 4 rings (SSSR count). The van der Waals surface area contributed by atoms with Gasteiger partial charge in [0.2, 0.25) is 0 Å². The third-order valence-corrected chi connectivity index (χ3v) is 12.8. The Morgan fingerprint density at radius 1 is 0.397 bits per heavy atom. The van der Waals surface area contributed by atoms with E-state index in [1.807, 2.05) is 24.3 Å². The number of thioether (sulfide) groups is 1. The van der Waals surface area contributed by atoms with E-state index in [1.54, 1.807) is 11.8 Å². The van der Waals surface area contributed by atoms with Crippen LogP contribution in [0.15, 0.2) is 48.5 Å². The summed E-state index contributed by atoms with van der Waals surface area (Å²) in [5, 5.41) is 58.6. The number of aliphatic hydroxyl groups excluding tert-OH is 2. The van der Waals surface area contributed by atoms with Crippen molar-refractivity contribution in [2.45, 2.75) is 184 Å². The van der Waals surface area contributed by atoms with Crippen LogP contribution in [0.3, 0.4) is 0 Å². The SMILES string of the molecule is CCCC(c1cc(C(C)(C)C)c(O)cc1C)c1cc(C(C)(C)C)c(O)cc1C.CCCC(c1cc(C(C)(C)C)c(O)cc1C)c1cc(C(C)(C)C)c(O)cc1C.OCCSCCO. The van der Waals surface area contributed by atoms with Crippen LogP contribution in [0.2, 0.25) is 0 Å². The molecular weight excluding hydrogens is 801 g/mol. The molecular formula is C56H86O6S. The van der Waals surface area contributed by atoms with Crippen LogP contribution in [-0.2, 0) is 21.7 Å². The van der Waals surface area contributed by atoms with Gasteiger partial charge in [0, 0.05) is 23.3 Å². The van der Waals surface area contributed by atoms with Gasteiger partial charge < -0.3 is 30.6 Å². The number of aromatic hydroxyl groups is 4. The van der Waals surface area contributed by atoms with E-state index in [0.29, 0.717) is 23.0 Å². The van der Waals surface area contributed by atoms with E-state index in [1.165, 1.54) is 22.3 Å². The molecule has 6 N–H and O–H groups in total. The Morgan fingerprint density at radius 2 is 0.603 bits per heavy atom. The summed E-state index contributed by atoms with van der Waals surface area (Å²) >= 11 is 1.55. The highest BCUT2D eigenvalue weighted by Crippen LogP contribution is 2.44. The lowest BCUT2D eigenvalue weighted by Gasteiger charge is -2.29. The van der Waals surface area contributed by atoms with E-state index in [2.05, 4.69) is 149 Å². The lowest BCUT2D eigenvalue weighted by molar-refractivity contribution is 0.318. The van der Waals surface area contributed by atoms with E-state index in [9.17, 15) is 20.4 Å². The lowest BCUT2D eigenvalue weighted by atomic mass is 9.76. The molecule has 0 unspecified atom stereocenters. The fourth-order valence-electron chi connectivity index (χ4n) is 8.51. The molecule has 4 aromatic rings. The van der Waals surface area contributed by atoms with Crippen molar-refractivity contribution in [2.75, 3.05) is 24.7 Å². The Kier molecular flexibility index (Phi) is 20.3. The van der Waals surface area contributed by atoms with Crippen LogP contribution in [0, 0.1) is 27.7 Å². The molecule has 0 saturated carbocycles. The second-order valence-electron chi connectivity index (χ2n) is 21.6. The minimum Gasteiger partial charge on any atom is -0.508 e. The molecule has 0 aromatic heterocycles. The predicted octanol–water partition coefficient (Wildman–Crippen LogP) is 14.2. The van der Waals surface area contributed by atoms with Crippen LogP contribution in [0.5, 0.6) is 23.0 Å². The second-order valence-corrected chi connectivity index (χ2v) is 22.9. The average molecular weight is 887 g/mol. The highest BCUT2D eigenvalue weighted by atomic mass is 32.2. The maximum absolute atomic E-state index is 10.5. The summed E-state index contributed by atoms with van der Waals surface area (Å²) in [6.45, 7) is 38.9. The first-order valence-electron chi connectivity index (χ1n) is 23.1. The van der Waals surface area contributed by atoms with E-state index < -0.39 is 0 Å². The summed E-state index contributed by atoms with van der Waals surface area (Å²) in [5.74, 6) is 3.47. The van der Waals surface area contributed by atoms with Gasteiger partial charge >= 0.3 is 0 Å². The summed E-state index contributed by atoms with van der Waals surface area (Å²) in [6, 6.07) is 16.5. The van der Waals surface area contributed by atoms with Crippen LogP contribution in [0.1, 0.15) is 201 Å². The van der Waals surface area contributed by atoms with Crippen molar-refractivity contribution in [3.63, 3.8) is 0 Å². The molecule has 352 valence electrons. The number of aliphatic hydroxyl groups is 2. The molecule has 0 aliphatic rings. The molecule has 0 bridgehead atoms. The van der Waals surface area contributed by atoms with Crippen LogP contribution in [0.25, 0.3) is 0 Å². The molecule has 7 heteroatoms. The van der Waals surface area contributed by atoms with Gasteiger partial charge in [-0.3, -0.25) is 0 Å². The van der Waals surface area contributed by atoms with Gasteiger partial charge in [0.15, 0.2) is 0 Å². The highest BCUT2D eigenvalue weighted by Gasteiger charge is 2.29. The van der Waals surface area contributed by atoms with Gasteiger partial charge in [-0.2, -0.15) is 11.8 Å². The quantitative estimate of drug-likeness (QED) is 0.0784. The molecule has 4 aromatic carbocycles. The smallest absolute Gasteiger partial charge is 0.119 e. The van der Waals surface area contributed by atoms with E-state index in [4.69, 9.17) is 10.2 Å². The predicted molar refractivity (Wildman–Crippen MR) is 271 cm³/mol. The lowest BCUT2D eigenvalue weighted by Crippen LogP contribution is -2.16. The zero-order valence-corrected chi connectivity index (χ0v) is 43.3. The number of phenols is 4. The zero-order valence-electron chi connectivity index (χ0n) is 42.5. The Morgan fingerprint density at radius 3 is 0.762 bits per heavy atom. The molecule has 0 spiro atoms. The van der Waals surface area contributed by atoms with Crippen LogP contribution >= 0.6 is 11.8 Å². The van der Waals surface area contributed by atoms with Crippen molar-refractivity contribution < 1.29 is 30.6 Å². The standard InChI is InChI=1S/2C26H38O2.C4H10O2S/c2*1-10-11-18(19-14-21(25(4,5)6)23(27)12-16(19)2)20-15-22(26(7,8)9)24(28)13-17(20)3;5-1-3-7-4-2-6/h2*12-15,18,27-28H,10-11H2,1-9H3;5-6H,1-4H2. The number of rotatable bonds is 12. The van der Waals surface area contributed by atoms with Gasteiger partial charge in [-0.15, -0.1) is 0 Å². The van der Waals surface area contributed by atoms with Crippen molar-refractivity contribution in [1.82, 2.24) is 0 Å². The van der Waals surface area contributed by atoms with E-state index >= 15 is 0 Å². The molecule has 0 aliphatic heterocycles. The Labute approximate surface area is 387 Å². The fraction of sp³-hybridized carbons (Fsp3) is 0.571. The summed E-state index contributed by atoms with van der Waals surface area (Å²) < 4.78 is 0.